The fourth-order valence-electron chi connectivity index (χ4n) is 3.61. The molecule has 1 aliphatic carbocycles. The van der Waals surface area contributed by atoms with Crippen LogP contribution in [0.1, 0.15) is 64.0 Å². The lowest BCUT2D eigenvalue weighted by Gasteiger charge is -2.43. The largest absolute Gasteiger partial charge is 0.388 e. The molecule has 0 amide bonds. The number of anilines is 1. The second-order valence-corrected chi connectivity index (χ2v) is 8.02. The Hall–Kier alpha value is -1.21. The summed E-state index contributed by atoms with van der Waals surface area (Å²) in [5, 5.41) is 4.17. The molecule has 2 rings (SSSR count). The van der Waals surface area contributed by atoms with Gasteiger partial charge < -0.3 is 5.32 Å². The highest BCUT2D eigenvalue weighted by Crippen LogP contribution is 2.50. The van der Waals surface area contributed by atoms with Crippen LogP contribution in [0.3, 0.4) is 0 Å². The molecule has 1 N–H and O–H groups in total. The monoisotopic (exact) mass is 331 g/mol. The number of rotatable bonds is 5. The maximum absolute atomic E-state index is 6.60. The Morgan fingerprint density at radius 1 is 1.26 bits per heavy atom. The van der Waals surface area contributed by atoms with Gasteiger partial charge in [-0.1, -0.05) is 45.0 Å². The Morgan fingerprint density at radius 2 is 1.87 bits per heavy atom. The lowest BCUT2D eigenvalue weighted by Crippen LogP contribution is -2.33. The van der Waals surface area contributed by atoms with Crippen LogP contribution in [-0.4, -0.2) is 7.05 Å². The van der Waals surface area contributed by atoms with E-state index in [9.17, 15) is 0 Å². The molecule has 1 fully saturated rings. The quantitative estimate of drug-likeness (QED) is 0.583. The molecular formula is C21H30ClN. The Kier molecular flexibility index (Phi) is 5.30. The molecular weight excluding hydrogens is 302 g/mol. The number of allylic oxidation sites excluding steroid dienone is 2. The predicted molar refractivity (Wildman–Crippen MR) is 104 cm³/mol. The second kappa shape index (κ2) is 6.73. The summed E-state index contributed by atoms with van der Waals surface area (Å²) in [5.41, 5.74) is 5.01. The molecule has 0 aliphatic heterocycles. The summed E-state index contributed by atoms with van der Waals surface area (Å²) in [6.07, 6.45) is 7.73. The predicted octanol–water partition coefficient (Wildman–Crippen LogP) is 6.83. The highest BCUT2D eigenvalue weighted by Gasteiger charge is 2.39. The standard InChI is InChI=1S/C21H30ClN/c1-7-15(3)16-13-19(23-6)17(14-18(16)22)21(8-2)11-9-20(4,5)10-12-21/h8,13-14,23H,2-3,7,9-12H2,1,4-6H3. The molecule has 126 valence electrons. The third-order valence-corrected chi connectivity index (χ3v) is 5.92. The molecule has 1 aromatic carbocycles. The van der Waals surface area contributed by atoms with Crippen molar-refractivity contribution in [3.05, 3.63) is 47.5 Å². The van der Waals surface area contributed by atoms with Gasteiger partial charge in [0, 0.05) is 23.2 Å². The van der Waals surface area contributed by atoms with E-state index in [1.165, 1.54) is 18.4 Å². The van der Waals surface area contributed by atoms with Crippen molar-refractivity contribution in [1.82, 2.24) is 0 Å². The van der Waals surface area contributed by atoms with Crippen molar-refractivity contribution in [3.8, 4) is 0 Å². The third kappa shape index (κ3) is 3.50. The van der Waals surface area contributed by atoms with E-state index in [2.05, 4.69) is 57.5 Å². The van der Waals surface area contributed by atoms with Crippen LogP contribution in [0, 0.1) is 5.41 Å². The Bertz CT molecular complexity index is 603. The van der Waals surface area contributed by atoms with Crippen molar-refractivity contribution in [1.29, 1.82) is 0 Å². The van der Waals surface area contributed by atoms with Crippen LogP contribution in [0.2, 0.25) is 5.02 Å². The minimum Gasteiger partial charge on any atom is -0.388 e. The van der Waals surface area contributed by atoms with E-state index < -0.39 is 0 Å². The number of halogens is 1. The van der Waals surface area contributed by atoms with Gasteiger partial charge in [0.1, 0.15) is 0 Å². The second-order valence-electron chi connectivity index (χ2n) is 7.61. The van der Waals surface area contributed by atoms with E-state index in [-0.39, 0.29) is 5.41 Å². The van der Waals surface area contributed by atoms with Gasteiger partial charge in [-0.05, 0) is 66.4 Å². The molecule has 1 saturated carbocycles. The topological polar surface area (TPSA) is 12.0 Å². The highest BCUT2D eigenvalue weighted by molar-refractivity contribution is 6.32. The number of hydrogen-bond donors (Lipinski definition) is 1. The van der Waals surface area contributed by atoms with E-state index >= 15 is 0 Å². The zero-order valence-corrected chi connectivity index (χ0v) is 15.8. The molecule has 0 atom stereocenters. The summed E-state index contributed by atoms with van der Waals surface area (Å²) in [5.74, 6) is 0. The lowest BCUT2D eigenvalue weighted by atomic mass is 9.62. The van der Waals surface area contributed by atoms with Gasteiger partial charge in [0.25, 0.3) is 0 Å². The molecule has 0 unspecified atom stereocenters. The normalized spacial score (nSPS) is 19.2. The summed E-state index contributed by atoms with van der Waals surface area (Å²) < 4.78 is 0. The van der Waals surface area contributed by atoms with Gasteiger partial charge >= 0.3 is 0 Å². The van der Waals surface area contributed by atoms with Crippen molar-refractivity contribution in [2.24, 2.45) is 5.41 Å². The fourth-order valence-corrected chi connectivity index (χ4v) is 3.91. The first-order valence-electron chi connectivity index (χ1n) is 8.62. The maximum atomic E-state index is 6.60. The Morgan fingerprint density at radius 3 is 2.35 bits per heavy atom. The molecule has 0 heterocycles. The molecule has 1 aliphatic rings. The van der Waals surface area contributed by atoms with Crippen LogP contribution in [0.25, 0.3) is 5.57 Å². The summed E-state index contributed by atoms with van der Waals surface area (Å²) in [6, 6.07) is 4.30. The number of nitrogens with one attached hydrogen (secondary N) is 1. The van der Waals surface area contributed by atoms with Gasteiger partial charge in [-0.3, -0.25) is 0 Å². The van der Waals surface area contributed by atoms with Crippen molar-refractivity contribution in [3.63, 3.8) is 0 Å². The SMILES string of the molecule is C=CC1(c2cc(Cl)c(C(=C)CC)cc2NC)CCC(C)(C)CC1. The van der Waals surface area contributed by atoms with Crippen LogP contribution in [0.5, 0.6) is 0 Å². The third-order valence-electron chi connectivity index (χ3n) is 5.61. The van der Waals surface area contributed by atoms with Crippen LogP contribution in [0.15, 0.2) is 31.4 Å². The molecule has 1 nitrogen and oxygen atoms in total. The van der Waals surface area contributed by atoms with Gasteiger partial charge in [-0.2, -0.15) is 0 Å². The zero-order chi connectivity index (χ0) is 17.3. The van der Waals surface area contributed by atoms with E-state index in [1.54, 1.807) is 0 Å². The summed E-state index contributed by atoms with van der Waals surface area (Å²) in [6.45, 7) is 15.2. The van der Waals surface area contributed by atoms with E-state index in [1.807, 2.05) is 7.05 Å². The molecule has 0 radical (unpaired) electrons. The molecule has 23 heavy (non-hydrogen) atoms. The molecule has 0 aromatic heterocycles. The van der Waals surface area contributed by atoms with Gasteiger partial charge in [0.05, 0.1) is 0 Å². The first kappa shape index (κ1) is 18.1. The van der Waals surface area contributed by atoms with Gasteiger partial charge in [0.2, 0.25) is 0 Å². The average molecular weight is 332 g/mol. The number of hydrogen-bond acceptors (Lipinski definition) is 1. The van der Waals surface area contributed by atoms with Crippen molar-refractivity contribution in [2.75, 3.05) is 12.4 Å². The fraction of sp³-hybridized carbons (Fsp3) is 0.524. The first-order valence-corrected chi connectivity index (χ1v) is 9.00. The van der Waals surface area contributed by atoms with Crippen molar-refractivity contribution >= 4 is 22.9 Å². The van der Waals surface area contributed by atoms with E-state index in [0.29, 0.717) is 5.41 Å². The lowest BCUT2D eigenvalue weighted by molar-refractivity contribution is 0.190. The Labute approximate surface area is 146 Å². The van der Waals surface area contributed by atoms with Gasteiger partial charge in [0.15, 0.2) is 0 Å². The summed E-state index contributed by atoms with van der Waals surface area (Å²) in [4.78, 5) is 0. The van der Waals surface area contributed by atoms with E-state index in [0.717, 1.165) is 41.1 Å². The summed E-state index contributed by atoms with van der Waals surface area (Å²) in [7, 11) is 1.98. The molecule has 0 spiro atoms. The molecule has 1 aromatic rings. The smallest absolute Gasteiger partial charge is 0.0485 e. The van der Waals surface area contributed by atoms with Crippen molar-refractivity contribution in [2.45, 2.75) is 58.3 Å². The van der Waals surface area contributed by atoms with Gasteiger partial charge in [-0.15, -0.1) is 6.58 Å². The number of benzene rings is 1. The minimum atomic E-state index is 0.0174. The van der Waals surface area contributed by atoms with Crippen LogP contribution in [0.4, 0.5) is 5.69 Å². The molecule has 0 saturated heterocycles. The first-order chi connectivity index (χ1) is 10.8. The zero-order valence-electron chi connectivity index (χ0n) is 15.1. The summed E-state index contributed by atoms with van der Waals surface area (Å²) >= 11 is 6.60. The van der Waals surface area contributed by atoms with Gasteiger partial charge in [-0.25, -0.2) is 0 Å². The van der Waals surface area contributed by atoms with Crippen LogP contribution < -0.4 is 5.32 Å². The van der Waals surface area contributed by atoms with Crippen molar-refractivity contribution < 1.29 is 0 Å². The van der Waals surface area contributed by atoms with Crippen LogP contribution >= 0.6 is 11.6 Å². The average Bonchev–Trinajstić information content (AvgIpc) is 2.54. The Balaban J connectivity index is 2.51. The minimum absolute atomic E-state index is 0.0174. The molecule has 0 bridgehead atoms. The van der Waals surface area contributed by atoms with Crippen LogP contribution in [-0.2, 0) is 5.41 Å². The maximum Gasteiger partial charge on any atom is 0.0485 e. The molecule has 2 heteroatoms. The van der Waals surface area contributed by atoms with E-state index in [4.69, 9.17) is 11.6 Å². The highest BCUT2D eigenvalue weighted by atomic mass is 35.5.